The lowest BCUT2D eigenvalue weighted by molar-refractivity contribution is 0.122. The van der Waals surface area contributed by atoms with E-state index in [-0.39, 0.29) is 17.4 Å². The van der Waals surface area contributed by atoms with E-state index in [0.29, 0.717) is 21.7 Å². The van der Waals surface area contributed by atoms with Gasteiger partial charge in [0.25, 0.3) is 6.43 Å². The molecule has 132 valence electrons. The van der Waals surface area contributed by atoms with Crippen molar-refractivity contribution in [3.05, 3.63) is 57.9 Å². The summed E-state index contributed by atoms with van der Waals surface area (Å²) in [7, 11) is 0. The Hall–Kier alpha value is -2.58. The molecular weight excluding hydrogens is 382 g/mol. The Labute approximate surface area is 155 Å². The molecule has 4 rings (SSSR count). The van der Waals surface area contributed by atoms with E-state index in [9.17, 15) is 8.78 Å². The van der Waals surface area contributed by atoms with E-state index >= 15 is 0 Å². The van der Waals surface area contributed by atoms with Gasteiger partial charge in [-0.25, -0.2) is 18.7 Å². The Kier molecular flexibility index (Phi) is 4.29. The number of rotatable bonds is 4. The van der Waals surface area contributed by atoms with Crippen LogP contribution in [0.25, 0.3) is 21.8 Å². The number of halogens is 3. The first-order chi connectivity index (χ1) is 12.5. The molecule has 4 aromatic rings. The monoisotopic (exact) mass is 392 g/mol. The molecule has 5 nitrogen and oxygen atoms in total. The average Bonchev–Trinajstić information content (AvgIpc) is 3.24. The SMILES string of the molecule is Nc1nc(-c2ccc(C(F)F)o2)nc2sc(Cc3ncccc3Cl)cc12. The van der Waals surface area contributed by atoms with Crippen LogP contribution in [0.3, 0.4) is 0 Å². The molecule has 9 heteroatoms. The van der Waals surface area contributed by atoms with Gasteiger partial charge in [-0.1, -0.05) is 11.6 Å². The lowest BCUT2D eigenvalue weighted by Crippen LogP contribution is -1.95. The van der Waals surface area contributed by atoms with Gasteiger partial charge < -0.3 is 10.2 Å². The zero-order valence-corrected chi connectivity index (χ0v) is 14.7. The van der Waals surface area contributed by atoms with Crippen molar-refractivity contribution in [2.45, 2.75) is 12.8 Å². The highest BCUT2D eigenvalue weighted by molar-refractivity contribution is 7.18. The summed E-state index contributed by atoms with van der Waals surface area (Å²) >= 11 is 7.57. The number of nitrogens with zero attached hydrogens (tertiary/aromatic N) is 3. The van der Waals surface area contributed by atoms with Crippen LogP contribution in [-0.4, -0.2) is 15.0 Å². The van der Waals surface area contributed by atoms with Crippen LogP contribution < -0.4 is 5.73 Å². The van der Waals surface area contributed by atoms with Gasteiger partial charge in [-0.3, -0.25) is 4.98 Å². The minimum atomic E-state index is -2.69. The Morgan fingerprint density at radius 1 is 1.23 bits per heavy atom. The summed E-state index contributed by atoms with van der Waals surface area (Å²) < 4.78 is 30.5. The van der Waals surface area contributed by atoms with Crippen molar-refractivity contribution in [2.24, 2.45) is 0 Å². The maximum absolute atomic E-state index is 12.7. The van der Waals surface area contributed by atoms with Crippen molar-refractivity contribution in [1.29, 1.82) is 0 Å². The molecular formula is C17H11ClF2N4OS. The van der Waals surface area contributed by atoms with Gasteiger partial charge in [0.15, 0.2) is 17.3 Å². The largest absolute Gasteiger partial charge is 0.452 e. The van der Waals surface area contributed by atoms with Crippen LogP contribution in [0, 0.1) is 0 Å². The minimum Gasteiger partial charge on any atom is -0.452 e. The lowest BCUT2D eigenvalue weighted by Gasteiger charge is -1.99. The number of alkyl halides is 2. The molecule has 0 spiro atoms. The molecule has 0 saturated heterocycles. The number of aromatic nitrogens is 3. The lowest BCUT2D eigenvalue weighted by atomic mass is 10.2. The number of nitrogen functional groups attached to an aromatic ring is 1. The maximum Gasteiger partial charge on any atom is 0.295 e. The number of hydrogen-bond acceptors (Lipinski definition) is 6. The molecule has 0 bridgehead atoms. The van der Waals surface area contributed by atoms with E-state index < -0.39 is 12.2 Å². The van der Waals surface area contributed by atoms with Gasteiger partial charge in [0, 0.05) is 17.5 Å². The number of furan rings is 1. The summed E-state index contributed by atoms with van der Waals surface area (Å²) in [6.45, 7) is 0. The predicted octanol–water partition coefficient (Wildman–Crippen LogP) is 5.11. The van der Waals surface area contributed by atoms with Crippen molar-refractivity contribution in [3.8, 4) is 11.6 Å². The normalized spacial score (nSPS) is 11.5. The Balaban J connectivity index is 1.72. The fourth-order valence-electron chi connectivity index (χ4n) is 2.49. The van der Waals surface area contributed by atoms with Crippen LogP contribution in [-0.2, 0) is 6.42 Å². The molecule has 0 aromatic carbocycles. The highest BCUT2D eigenvalue weighted by atomic mass is 35.5. The van der Waals surface area contributed by atoms with Gasteiger partial charge in [0.05, 0.1) is 16.1 Å². The third-order valence-corrected chi connectivity index (χ3v) is 5.08. The third-order valence-electron chi connectivity index (χ3n) is 3.71. The van der Waals surface area contributed by atoms with Crippen molar-refractivity contribution in [2.75, 3.05) is 5.73 Å². The van der Waals surface area contributed by atoms with E-state index in [0.717, 1.165) is 10.6 Å². The summed E-state index contributed by atoms with van der Waals surface area (Å²) in [5.74, 6) is 0.149. The van der Waals surface area contributed by atoms with Crippen LogP contribution in [0.4, 0.5) is 14.6 Å². The summed E-state index contributed by atoms with van der Waals surface area (Å²) in [5.41, 5.74) is 6.77. The number of hydrogen-bond donors (Lipinski definition) is 1. The zero-order chi connectivity index (χ0) is 18.3. The van der Waals surface area contributed by atoms with Crippen LogP contribution in [0.2, 0.25) is 5.02 Å². The first-order valence-corrected chi connectivity index (χ1v) is 8.74. The number of anilines is 1. The van der Waals surface area contributed by atoms with E-state index in [1.165, 1.54) is 23.5 Å². The average molecular weight is 393 g/mol. The first-order valence-electron chi connectivity index (χ1n) is 7.55. The second-order valence-electron chi connectivity index (χ2n) is 5.48. The Bertz CT molecular complexity index is 1100. The second kappa shape index (κ2) is 6.62. The molecule has 4 heterocycles. The molecule has 0 radical (unpaired) electrons. The number of fused-ring (bicyclic) bond motifs is 1. The predicted molar refractivity (Wildman–Crippen MR) is 96.5 cm³/mol. The molecule has 0 unspecified atom stereocenters. The first kappa shape index (κ1) is 16.9. The summed E-state index contributed by atoms with van der Waals surface area (Å²) in [5, 5.41) is 1.28. The molecule has 0 amide bonds. The number of pyridine rings is 1. The Morgan fingerprint density at radius 2 is 2.08 bits per heavy atom. The van der Waals surface area contributed by atoms with Crippen molar-refractivity contribution >= 4 is 39.0 Å². The van der Waals surface area contributed by atoms with E-state index in [2.05, 4.69) is 15.0 Å². The zero-order valence-electron chi connectivity index (χ0n) is 13.1. The van der Waals surface area contributed by atoms with Crippen LogP contribution in [0.5, 0.6) is 0 Å². The summed E-state index contributed by atoms with van der Waals surface area (Å²) in [6, 6.07) is 8.04. The number of nitrogens with two attached hydrogens (primary N) is 1. The Morgan fingerprint density at radius 3 is 2.81 bits per heavy atom. The van der Waals surface area contributed by atoms with E-state index in [1.54, 1.807) is 18.3 Å². The molecule has 0 atom stereocenters. The second-order valence-corrected chi connectivity index (χ2v) is 7.00. The van der Waals surface area contributed by atoms with Gasteiger partial charge in [-0.05, 0) is 30.3 Å². The molecule has 26 heavy (non-hydrogen) atoms. The topological polar surface area (TPSA) is 77.8 Å². The summed E-state index contributed by atoms with van der Waals surface area (Å²) in [6.07, 6.45) is -0.481. The van der Waals surface area contributed by atoms with Crippen molar-refractivity contribution in [3.63, 3.8) is 0 Å². The van der Waals surface area contributed by atoms with Gasteiger partial charge in [0.2, 0.25) is 0 Å². The molecule has 0 aliphatic rings. The van der Waals surface area contributed by atoms with Gasteiger partial charge in [-0.2, -0.15) is 0 Å². The summed E-state index contributed by atoms with van der Waals surface area (Å²) in [4.78, 5) is 14.5. The third kappa shape index (κ3) is 3.13. The molecule has 0 fully saturated rings. The van der Waals surface area contributed by atoms with E-state index in [1.807, 2.05) is 6.07 Å². The minimum absolute atomic E-state index is 0.150. The van der Waals surface area contributed by atoms with Gasteiger partial charge >= 0.3 is 0 Å². The van der Waals surface area contributed by atoms with Crippen LogP contribution in [0.1, 0.15) is 22.8 Å². The maximum atomic E-state index is 12.7. The standard InChI is InChI=1S/C17H11ClF2N4OS/c18-10-2-1-5-22-11(10)7-8-6-9-15(21)23-16(24-17(9)26-8)13-4-3-12(25-13)14(19)20/h1-6,14H,7H2,(H2,21,23,24). The fourth-order valence-corrected chi connectivity index (χ4v) is 3.72. The molecule has 0 aliphatic carbocycles. The molecule has 0 saturated carbocycles. The van der Waals surface area contributed by atoms with Crippen LogP contribution in [0.15, 0.2) is 40.9 Å². The fraction of sp³-hybridized carbons (Fsp3) is 0.118. The molecule has 4 aromatic heterocycles. The van der Waals surface area contributed by atoms with Gasteiger partial charge in [-0.15, -0.1) is 11.3 Å². The van der Waals surface area contributed by atoms with Crippen molar-refractivity contribution < 1.29 is 13.2 Å². The van der Waals surface area contributed by atoms with Crippen molar-refractivity contribution in [1.82, 2.24) is 15.0 Å². The van der Waals surface area contributed by atoms with E-state index in [4.69, 9.17) is 21.8 Å². The molecule has 2 N–H and O–H groups in total. The number of thiophene rings is 1. The highest BCUT2D eigenvalue weighted by Crippen LogP contribution is 2.33. The van der Waals surface area contributed by atoms with Gasteiger partial charge in [0.1, 0.15) is 10.6 Å². The highest BCUT2D eigenvalue weighted by Gasteiger charge is 2.17. The smallest absolute Gasteiger partial charge is 0.295 e. The van der Waals surface area contributed by atoms with Crippen LogP contribution >= 0.6 is 22.9 Å². The molecule has 0 aliphatic heterocycles. The quantitative estimate of drug-likeness (QED) is 0.522.